The van der Waals surface area contributed by atoms with Gasteiger partial charge in [-0.25, -0.2) is 0 Å². The Labute approximate surface area is 78.9 Å². The Hall–Kier alpha value is -0.570. The van der Waals surface area contributed by atoms with Crippen LogP contribution < -0.4 is 11.5 Å². The van der Waals surface area contributed by atoms with Crippen molar-refractivity contribution in [2.24, 2.45) is 34.6 Å². The smallest absolute Gasteiger partial charge is 0.222 e. The Kier molecular flexibility index (Phi) is 1.71. The van der Waals surface area contributed by atoms with Crippen molar-refractivity contribution in [3.8, 4) is 0 Å². The third-order valence-corrected chi connectivity index (χ3v) is 4.38. The van der Waals surface area contributed by atoms with Gasteiger partial charge in [-0.1, -0.05) is 13.8 Å². The second-order valence-electron chi connectivity index (χ2n) is 5.18. The molecule has 0 spiro atoms. The summed E-state index contributed by atoms with van der Waals surface area (Å²) in [6, 6.07) is -0.00231. The van der Waals surface area contributed by atoms with Crippen LogP contribution >= 0.6 is 0 Å². The van der Waals surface area contributed by atoms with Crippen LogP contribution in [0.5, 0.6) is 0 Å². The van der Waals surface area contributed by atoms with Crippen molar-refractivity contribution in [1.29, 1.82) is 0 Å². The molecule has 0 radical (unpaired) electrons. The van der Waals surface area contributed by atoms with Crippen LogP contribution in [0, 0.1) is 23.2 Å². The summed E-state index contributed by atoms with van der Waals surface area (Å²) in [5.74, 6) is 0.882. The molecule has 3 aliphatic carbocycles. The van der Waals surface area contributed by atoms with Gasteiger partial charge in [0.25, 0.3) is 0 Å². The van der Waals surface area contributed by atoms with E-state index in [2.05, 4.69) is 13.8 Å². The summed E-state index contributed by atoms with van der Waals surface area (Å²) in [5.41, 5.74) is 11.7. The van der Waals surface area contributed by atoms with Crippen LogP contribution in [0.3, 0.4) is 0 Å². The Balaban J connectivity index is 2.16. The van der Waals surface area contributed by atoms with Gasteiger partial charge in [0.1, 0.15) is 0 Å². The van der Waals surface area contributed by atoms with E-state index in [-0.39, 0.29) is 17.9 Å². The monoisotopic (exact) mass is 182 g/mol. The van der Waals surface area contributed by atoms with E-state index in [0.29, 0.717) is 17.3 Å². The molecule has 0 aromatic rings. The summed E-state index contributed by atoms with van der Waals surface area (Å²) >= 11 is 0. The Morgan fingerprint density at radius 1 is 1.38 bits per heavy atom. The molecule has 3 fully saturated rings. The second kappa shape index (κ2) is 2.47. The molecule has 0 aromatic carbocycles. The minimum absolute atomic E-state index is 0.00231. The van der Waals surface area contributed by atoms with Gasteiger partial charge in [0.05, 0.1) is 5.92 Å². The zero-order valence-electron chi connectivity index (χ0n) is 8.29. The van der Waals surface area contributed by atoms with E-state index in [1.165, 1.54) is 6.42 Å². The van der Waals surface area contributed by atoms with E-state index < -0.39 is 0 Å². The fourth-order valence-corrected chi connectivity index (χ4v) is 3.16. The topological polar surface area (TPSA) is 69.1 Å². The molecule has 0 saturated heterocycles. The number of primary amides is 1. The molecule has 3 heteroatoms. The molecule has 13 heavy (non-hydrogen) atoms. The number of hydrogen-bond acceptors (Lipinski definition) is 2. The molecule has 3 aliphatic rings. The lowest BCUT2D eigenvalue weighted by Crippen LogP contribution is -2.63. The molecule has 3 saturated carbocycles. The molecule has 3 rings (SSSR count). The maximum absolute atomic E-state index is 11.1. The minimum Gasteiger partial charge on any atom is -0.369 e. The Morgan fingerprint density at radius 2 is 2.00 bits per heavy atom. The van der Waals surface area contributed by atoms with Gasteiger partial charge in [-0.3, -0.25) is 4.79 Å². The highest BCUT2D eigenvalue weighted by atomic mass is 16.1. The maximum Gasteiger partial charge on any atom is 0.222 e. The van der Waals surface area contributed by atoms with Crippen LogP contribution in [0.25, 0.3) is 0 Å². The van der Waals surface area contributed by atoms with Gasteiger partial charge in [-0.15, -0.1) is 0 Å². The number of nitrogens with two attached hydrogens (primary N) is 2. The average molecular weight is 182 g/mol. The molecule has 1 amide bonds. The fraction of sp³-hybridized carbons (Fsp3) is 0.900. The van der Waals surface area contributed by atoms with Crippen LogP contribution in [-0.4, -0.2) is 11.9 Å². The molecule has 2 bridgehead atoms. The summed E-state index contributed by atoms with van der Waals surface area (Å²) in [7, 11) is 0. The van der Waals surface area contributed by atoms with Crippen molar-refractivity contribution in [1.82, 2.24) is 0 Å². The molecule has 4 atom stereocenters. The van der Waals surface area contributed by atoms with E-state index in [9.17, 15) is 4.79 Å². The summed E-state index contributed by atoms with van der Waals surface area (Å²) < 4.78 is 0. The predicted molar refractivity (Wildman–Crippen MR) is 50.7 cm³/mol. The third kappa shape index (κ3) is 1.03. The lowest BCUT2D eigenvalue weighted by molar-refractivity contribution is -0.140. The number of fused-ring (bicyclic) bond motifs is 2. The molecular weight excluding hydrogens is 164 g/mol. The van der Waals surface area contributed by atoms with Crippen LogP contribution in [0.15, 0.2) is 0 Å². The van der Waals surface area contributed by atoms with Gasteiger partial charge in [0.2, 0.25) is 5.91 Å². The quantitative estimate of drug-likeness (QED) is 0.619. The molecule has 0 heterocycles. The van der Waals surface area contributed by atoms with Crippen LogP contribution in [0.1, 0.15) is 26.7 Å². The van der Waals surface area contributed by atoms with E-state index in [1.54, 1.807) is 0 Å². The van der Waals surface area contributed by atoms with Crippen molar-refractivity contribution < 1.29 is 4.79 Å². The standard InChI is InChI=1S/C10H18N2O/c1-10(2)5-3-6(9(12)13)8(11)7(10)4-5/h5-8H,3-4,11H2,1-2H3,(H2,12,13). The van der Waals surface area contributed by atoms with E-state index >= 15 is 0 Å². The lowest BCUT2D eigenvalue weighted by atomic mass is 9.45. The second-order valence-corrected chi connectivity index (χ2v) is 5.18. The van der Waals surface area contributed by atoms with Crippen molar-refractivity contribution in [3.63, 3.8) is 0 Å². The van der Waals surface area contributed by atoms with Crippen LogP contribution in [0.2, 0.25) is 0 Å². The minimum atomic E-state index is -0.210. The summed E-state index contributed by atoms with van der Waals surface area (Å²) in [5, 5.41) is 0. The van der Waals surface area contributed by atoms with E-state index in [0.717, 1.165) is 6.42 Å². The van der Waals surface area contributed by atoms with Gasteiger partial charge in [-0.05, 0) is 30.1 Å². The van der Waals surface area contributed by atoms with Gasteiger partial charge in [-0.2, -0.15) is 0 Å². The highest BCUT2D eigenvalue weighted by molar-refractivity contribution is 5.77. The molecule has 0 aliphatic heterocycles. The zero-order chi connectivity index (χ0) is 9.80. The van der Waals surface area contributed by atoms with Crippen molar-refractivity contribution >= 4 is 5.91 Å². The van der Waals surface area contributed by atoms with Crippen LogP contribution in [0.4, 0.5) is 0 Å². The molecule has 4 unspecified atom stereocenters. The molecular formula is C10H18N2O. The first kappa shape index (κ1) is 9.00. The van der Waals surface area contributed by atoms with Gasteiger partial charge in [0.15, 0.2) is 0 Å². The number of rotatable bonds is 1. The zero-order valence-corrected chi connectivity index (χ0v) is 8.29. The summed E-state index contributed by atoms with van der Waals surface area (Å²) in [6.07, 6.45) is 2.10. The number of amides is 1. The summed E-state index contributed by atoms with van der Waals surface area (Å²) in [4.78, 5) is 11.1. The Morgan fingerprint density at radius 3 is 2.38 bits per heavy atom. The molecule has 3 nitrogen and oxygen atoms in total. The first-order valence-corrected chi connectivity index (χ1v) is 4.99. The first-order chi connectivity index (χ1) is 5.94. The van der Waals surface area contributed by atoms with Crippen LogP contribution in [-0.2, 0) is 4.79 Å². The normalized spacial score (nSPS) is 46.7. The molecule has 4 N–H and O–H groups in total. The molecule has 0 aromatic heterocycles. The SMILES string of the molecule is CC1(C)C2CC(C(N)=O)C(N)C1C2. The molecule has 74 valence electrons. The first-order valence-electron chi connectivity index (χ1n) is 4.99. The van der Waals surface area contributed by atoms with E-state index in [1.807, 2.05) is 0 Å². The van der Waals surface area contributed by atoms with Gasteiger partial charge in [0, 0.05) is 6.04 Å². The Bertz CT molecular complexity index is 249. The predicted octanol–water partition coefficient (Wildman–Crippen LogP) is 0.481. The average Bonchev–Trinajstić information content (AvgIpc) is 2.02. The highest BCUT2D eigenvalue weighted by Crippen LogP contribution is 2.59. The van der Waals surface area contributed by atoms with Crippen molar-refractivity contribution in [2.45, 2.75) is 32.7 Å². The lowest BCUT2D eigenvalue weighted by Gasteiger charge is -2.61. The van der Waals surface area contributed by atoms with Crippen molar-refractivity contribution in [3.05, 3.63) is 0 Å². The van der Waals surface area contributed by atoms with Gasteiger partial charge >= 0.3 is 0 Å². The highest BCUT2D eigenvalue weighted by Gasteiger charge is 2.57. The largest absolute Gasteiger partial charge is 0.369 e. The third-order valence-electron chi connectivity index (χ3n) is 4.38. The number of hydrogen-bond donors (Lipinski definition) is 2. The maximum atomic E-state index is 11.1. The summed E-state index contributed by atoms with van der Waals surface area (Å²) in [6.45, 7) is 4.51. The van der Waals surface area contributed by atoms with E-state index in [4.69, 9.17) is 11.5 Å². The fourth-order valence-electron chi connectivity index (χ4n) is 3.16. The van der Waals surface area contributed by atoms with Gasteiger partial charge < -0.3 is 11.5 Å². The number of carbonyl (C=O) groups excluding carboxylic acids is 1. The number of carbonyl (C=O) groups is 1. The van der Waals surface area contributed by atoms with Crippen molar-refractivity contribution in [2.75, 3.05) is 0 Å².